The summed E-state index contributed by atoms with van der Waals surface area (Å²) in [5.41, 5.74) is 3.50. The van der Waals surface area contributed by atoms with Crippen molar-refractivity contribution in [1.82, 2.24) is 5.32 Å². The van der Waals surface area contributed by atoms with Crippen LogP contribution in [0.1, 0.15) is 61.6 Å². The molecule has 0 radical (unpaired) electrons. The number of aryl methyl sites for hydroxylation is 1. The highest BCUT2D eigenvalue weighted by molar-refractivity contribution is 6.07. The first-order chi connectivity index (χ1) is 13.8. The van der Waals surface area contributed by atoms with E-state index < -0.39 is 11.7 Å². The second-order valence-electron chi connectivity index (χ2n) is 8.19. The van der Waals surface area contributed by atoms with Crippen LogP contribution in [-0.4, -0.2) is 24.1 Å². The van der Waals surface area contributed by atoms with Gasteiger partial charge in [-0.05, 0) is 75.5 Å². The molecule has 0 saturated heterocycles. The van der Waals surface area contributed by atoms with E-state index >= 15 is 0 Å². The van der Waals surface area contributed by atoms with Crippen molar-refractivity contribution in [1.29, 1.82) is 0 Å². The molecule has 3 rings (SSSR count). The normalized spacial score (nSPS) is 15.5. The minimum absolute atomic E-state index is 0.210. The van der Waals surface area contributed by atoms with E-state index in [1.807, 2.05) is 18.2 Å². The van der Waals surface area contributed by atoms with Crippen LogP contribution in [0.4, 0.5) is 16.2 Å². The number of carbonyl (C=O) groups excluding carboxylic acids is 2. The topological polar surface area (TPSA) is 79.5 Å². The molecule has 29 heavy (non-hydrogen) atoms. The molecule has 2 aromatic carbocycles. The second-order valence-corrected chi connectivity index (χ2v) is 8.19. The van der Waals surface area contributed by atoms with Crippen LogP contribution in [0.2, 0.25) is 0 Å². The third-order valence-electron chi connectivity index (χ3n) is 4.74. The molecule has 2 aromatic rings. The predicted molar refractivity (Wildman–Crippen MR) is 115 cm³/mol. The number of nitrogens with one attached hydrogen (secondary N) is 3. The van der Waals surface area contributed by atoms with Crippen molar-refractivity contribution in [3.05, 3.63) is 59.2 Å². The molecule has 2 amide bonds. The zero-order valence-electron chi connectivity index (χ0n) is 17.5. The highest BCUT2D eigenvalue weighted by atomic mass is 16.6. The van der Waals surface area contributed by atoms with E-state index in [1.165, 1.54) is 11.1 Å². The third-order valence-corrected chi connectivity index (χ3v) is 4.74. The maximum absolute atomic E-state index is 12.8. The Morgan fingerprint density at radius 2 is 1.76 bits per heavy atom. The number of hydrogen-bond acceptors (Lipinski definition) is 4. The quantitative estimate of drug-likeness (QED) is 0.674. The maximum Gasteiger partial charge on any atom is 0.412 e. The SMILES string of the molecule is CCNC1CCc2cc(C(=O)Nc3ccccc3NC(=O)OC(C)(C)C)ccc21. The first kappa shape index (κ1) is 20.9. The molecule has 0 spiro atoms. The summed E-state index contributed by atoms with van der Waals surface area (Å²) in [6.45, 7) is 8.43. The van der Waals surface area contributed by atoms with Gasteiger partial charge in [-0.3, -0.25) is 10.1 Å². The van der Waals surface area contributed by atoms with Crippen LogP contribution >= 0.6 is 0 Å². The smallest absolute Gasteiger partial charge is 0.412 e. The number of para-hydroxylation sites is 2. The highest BCUT2D eigenvalue weighted by Crippen LogP contribution is 2.32. The molecule has 154 valence electrons. The molecule has 1 aliphatic rings. The molecule has 0 fully saturated rings. The van der Waals surface area contributed by atoms with Crippen LogP contribution in [-0.2, 0) is 11.2 Å². The lowest BCUT2D eigenvalue weighted by molar-refractivity contribution is 0.0635. The third kappa shape index (κ3) is 5.35. The first-order valence-corrected chi connectivity index (χ1v) is 10.0. The Balaban J connectivity index is 1.73. The maximum atomic E-state index is 12.8. The molecule has 0 bridgehead atoms. The molecule has 1 unspecified atom stereocenters. The summed E-state index contributed by atoms with van der Waals surface area (Å²) >= 11 is 0. The number of ether oxygens (including phenoxy) is 1. The van der Waals surface area contributed by atoms with Gasteiger partial charge in [-0.15, -0.1) is 0 Å². The Hall–Kier alpha value is -2.86. The number of fused-ring (bicyclic) bond motifs is 1. The lowest BCUT2D eigenvalue weighted by Crippen LogP contribution is -2.27. The van der Waals surface area contributed by atoms with Crippen LogP contribution < -0.4 is 16.0 Å². The Morgan fingerprint density at radius 3 is 2.41 bits per heavy atom. The van der Waals surface area contributed by atoms with Crippen molar-refractivity contribution in [3.63, 3.8) is 0 Å². The van der Waals surface area contributed by atoms with Gasteiger partial charge in [-0.2, -0.15) is 0 Å². The molecule has 3 N–H and O–H groups in total. The number of amides is 2. The molecular weight excluding hydrogens is 366 g/mol. The van der Waals surface area contributed by atoms with Gasteiger partial charge in [0.05, 0.1) is 11.4 Å². The Labute approximate surface area is 172 Å². The number of carbonyl (C=O) groups is 2. The Bertz CT molecular complexity index is 902. The zero-order chi connectivity index (χ0) is 21.0. The highest BCUT2D eigenvalue weighted by Gasteiger charge is 2.23. The lowest BCUT2D eigenvalue weighted by atomic mass is 10.0. The predicted octanol–water partition coefficient (Wildman–Crippen LogP) is 4.88. The number of benzene rings is 2. The number of anilines is 2. The average molecular weight is 396 g/mol. The van der Waals surface area contributed by atoms with E-state index in [0.717, 1.165) is 19.4 Å². The van der Waals surface area contributed by atoms with E-state index in [0.29, 0.717) is 23.0 Å². The van der Waals surface area contributed by atoms with Crippen molar-refractivity contribution in [3.8, 4) is 0 Å². The molecule has 1 atom stereocenters. The van der Waals surface area contributed by atoms with Gasteiger partial charge in [0, 0.05) is 11.6 Å². The standard InChI is InChI=1S/C23H29N3O3/c1-5-24-18-13-11-15-14-16(10-12-17(15)18)21(27)25-19-8-6-7-9-20(19)26-22(28)29-23(2,3)4/h6-10,12,14,18,24H,5,11,13H2,1-4H3,(H,25,27)(H,26,28). The van der Waals surface area contributed by atoms with Crippen LogP contribution in [0.15, 0.2) is 42.5 Å². The fourth-order valence-corrected chi connectivity index (χ4v) is 3.53. The fourth-order valence-electron chi connectivity index (χ4n) is 3.53. The van der Waals surface area contributed by atoms with Gasteiger partial charge >= 0.3 is 6.09 Å². The summed E-state index contributed by atoms with van der Waals surface area (Å²) in [4.78, 5) is 24.9. The Morgan fingerprint density at radius 1 is 1.07 bits per heavy atom. The van der Waals surface area contributed by atoms with E-state index in [4.69, 9.17) is 4.74 Å². The van der Waals surface area contributed by atoms with Crippen LogP contribution in [0.3, 0.4) is 0 Å². The summed E-state index contributed by atoms with van der Waals surface area (Å²) in [5, 5.41) is 9.08. The second kappa shape index (κ2) is 8.66. The zero-order valence-corrected chi connectivity index (χ0v) is 17.5. The van der Waals surface area contributed by atoms with Gasteiger partial charge < -0.3 is 15.4 Å². The molecule has 0 heterocycles. The van der Waals surface area contributed by atoms with Gasteiger partial charge in [0.25, 0.3) is 5.91 Å². The van der Waals surface area contributed by atoms with Crippen molar-refractivity contribution >= 4 is 23.4 Å². The van der Waals surface area contributed by atoms with E-state index in [2.05, 4.69) is 22.9 Å². The summed E-state index contributed by atoms with van der Waals surface area (Å²) in [6.07, 6.45) is 1.45. The monoisotopic (exact) mass is 395 g/mol. The number of hydrogen-bond donors (Lipinski definition) is 3. The van der Waals surface area contributed by atoms with Gasteiger partial charge in [0.1, 0.15) is 5.60 Å². The van der Waals surface area contributed by atoms with Gasteiger partial charge in [0.15, 0.2) is 0 Å². The van der Waals surface area contributed by atoms with Crippen molar-refractivity contribution in [2.24, 2.45) is 0 Å². The lowest BCUT2D eigenvalue weighted by Gasteiger charge is -2.20. The minimum Gasteiger partial charge on any atom is -0.444 e. The van der Waals surface area contributed by atoms with Crippen LogP contribution in [0, 0.1) is 0 Å². The van der Waals surface area contributed by atoms with Gasteiger partial charge in [-0.1, -0.05) is 25.1 Å². The summed E-state index contributed by atoms with van der Waals surface area (Å²) in [7, 11) is 0. The molecule has 0 aromatic heterocycles. The number of rotatable bonds is 5. The fraction of sp³-hybridized carbons (Fsp3) is 0.391. The molecule has 6 nitrogen and oxygen atoms in total. The molecular formula is C23H29N3O3. The average Bonchev–Trinajstić information content (AvgIpc) is 3.04. The summed E-state index contributed by atoms with van der Waals surface area (Å²) in [6, 6.07) is 13.3. The Kier molecular flexibility index (Phi) is 6.23. The van der Waals surface area contributed by atoms with Crippen molar-refractivity contribution < 1.29 is 14.3 Å². The first-order valence-electron chi connectivity index (χ1n) is 10.0. The van der Waals surface area contributed by atoms with E-state index in [-0.39, 0.29) is 5.91 Å². The van der Waals surface area contributed by atoms with Gasteiger partial charge in [-0.25, -0.2) is 4.79 Å². The molecule has 0 saturated carbocycles. The molecule has 1 aliphatic carbocycles. The van der Waals surface area contributed by atoms with E-state index in [1.54, 1.807) is 45.0 Å². The summed E-state index contributed by atoms with van der Waals surface area (Å²) < 4.78 is 5.30. The van der Waals surface area contributed by atoms with Crippen molar-refractivity contribution in [2.75, 3.05) is 17.2 Å². The van der Waals surface area contributed by atoms with Crippen LogP contribution in [0.5, 0.6) is 0 Å². The largest absolute Gasteiger partial charge is 0.444 e. The van der Waals surface area contributed by atoms with Crippen molar-refractivity contribution in [2.45, 2.75) is 52.2 Å². The molecule has 6 heteroatoms. The molecule has 0 aliphatic heterocycles. The van der Waals surface area contributed by atoms with Gasteiger partial charge in [0.2, 0.25) is 0 Å². The summed E-state index contributed by atoms with van der Waals surface area (Å²) in [5.74, 6) is -0.210. The van der Waals surface area contributed by atoms with E-state index in [9.17, 15) is 9.59 Å². The van der Waals surface area contributed by atoms with Crippen LogP contribution in [0.25, 0.3) is 0 Å². The minimum atomic E-state index is -0.600.